The van der Waals surface area contributed by atoms with Gasteiger partial charge in [-0.1, -0.05) is 18.2 Å². The van der Waals surface area contributed by atoms with Gasteiger partial charge in [-0.05, 0) is 49.6 Å². The Morgan fingerprint density at radius 1 is 0.966 bits per heavy atom. The summed E-state index contributed by atoms with van der Waals surface area (Å²) < 4.78 is 28.5. The van der Waals surface area contributed by atoms with Crippen LogP contribution in [0.1, 0.15) is 30.4 Å². The largest absolute Gasteiger partial charge is 0.371 e. The van der Waals surface area contributed by atoms with Crippen molar-refractivity contribution in [1.82, 2.24) is 10.2 Å². The van der Waals surface area contributed by atoms with Crippen molar-refractivity contribution >= 4 is 23.7 Å². The van der Waals surface area contributed by atoms with Gasteiger partial charge >= 0.3 is 6.03 Å². The summed E-state index contributed by atoms with van der Waals surface area (Å²) in [5.41, 5.74) is 1.22. The highest BCUT2D eigenvalue weighted by Gasteiger charge is 2.34. The van der Waals surface area contributed by atoms with E-state index in [4.69, 9.17) is 0 Å². The van der Waals surface area contributed by atoms with E-state index in [-0.39, 0.29) is 23.4 Å². The molecule has 0 unspecified atom stereocenters. The van der Waals surface area contributed by atoms with Crippen LogP contribution in [0.5, 0.6) is 0 Å². The molecule has 0 aliphatic carbocycles. The van der Waals surface area contributed by atoms with E-state index in [0.717, 1.165) is 36.5 Å². The molecule has 4 rings (SSSR count). The van der Waals surface area contributed by atoms with Crippen LogP contribution in [0.2, 0.25) is 0 Å². The van der Waals surface area contributed by atoms with Crippen LogP contribution in [0.25, 0.3) is 6.08 Å². The summed E-state index contributed by atoms with van der Waals surface area (Å²) in [5.74, 6) is -1.57. The second-order valence-electron chi connectivity index (χ2n) is 7.22. The van der Waals surface area contributed by atoms with Crippen LogP contribution in [0.15, 0.2) is 48.2 Å². The van der Waals surface area contributed by atoms with E-state index in [0.29, 0.717) is 0 Å². The Kier molecular flexibility index (Phi) is 5.29. The van der Waals surface area contributed by atoms with E-state index in [1.54, 1.807) is 12.1 Å². The number of carbonyl (C=O) groups excluding carboxylic acids is 2. The van der Waals surface area contributed by atoms with Crippen molar-refractivity contribution in [2.24, 2.45) is 0 Å². The van der Waals surface area contributed by atoms with Gasteiger partial charge in [0.05, 0.1) is 6.54 Å². The van der Waals surface area contributed by atoms with Crippen LogP contribution in [-0.4, -0.2) is 29.9 Å². The van der Waals surface area contributed by atoms with Crippen LogP contribution < -0.4 is 10.2 Å². The number of rotatable bonds is 4. The number of nitrogens with one attached hydrogen (secondary N) is 1. The number of piperidine rings is 1. The third kappa shape index (κ3) is 3.99. The Balaban J connectivity index is 1.53. The number of carbonyl (C=O) groups is 2. The van der Waals surface area contributed by atoms with E-state index in [9.17, 15) is 18.4 Å². The topological polar surface area (TPSA) is 52.7 Å². The van der Waals surface area contributed by atoms with Crippen molar-refractivity contribution < 1.29 is 18.4 Å². The van der Waals surface area contributed by atoms with Gasteiger partial charge < -0.3 is 10.2 Å². The van der Waals surface area contributed by atoms with Gasteiger partial charge in [-0.15, -0.1) is 0 Å². The summed E-state index contributed by atoms with van der Waals surface area (Å²) in [6.45, 7) is 1.61. The molecule has 2 fully saturated rings. The monoisotopic (exact) mass is 397 g/mol. The second-order valence-corrected chi connectivity index (χ2v) is 7.22. The lowest BCUT2D eigenvalue weighted by molar-refractivity contribution is -0.123. The molecule has 3 amide bonds. The smallest absolute Gasteiger partial charge is 0.329 e. The highest BCUT2D eigenvalue weighted by Crippen LogP contribution is 2.25. The Morgan fingerprint density at radius 3 is 2.45 bits per heavy atom. The van der Waals surface area contributed by atoms with Crippen molar-refractivity contribution in [2.75, 3.05) is 18.0 Å². The minimum absolute atomic E-state index is 0.0315. The molecule has 2 aromatic carbocycles. The summed E-state index contributed by atoms with van der Waals surface area (Å²) in [7, 11) is 0. The van der Waals surface area contributed by atoms with Crippen LogP contribution >= 0.6 is 0 Å². The Morgan fingerprint density at radius 2 is 1.72 bits per heavy atom. The maximum atomic E-state index is 14.6. The van der Waals surface area contributed by atoms with E-state index in [2.05, 4.69) is 10.2 Å². The van der Waals surface area contributed by atoms with E-state index in [1.165, 1.54) is 36.8 Å². The molecule has 0 bridgehead atoms. The van der Waals surface area contributed by atoms with E-state index >= 15 is 0 Å². The number of benzene rings is 2. The molecule has 2 aliphatic heterocycles. The molecule has 0 aromatic heterocycles. The Labute approximate surface area is 167 Å². The lowest BCUT2D eigenvalue weighted by atomic mass is 10.1. The molecular weight excluding hydrogens is 376 g/mol. The third-order valence-corrected chi connectivity index (χ3v) is 5.25. The van der Waals surface area contributed by atoms with Crippen molar-refractivity contribution in [2.45, 2.75) is 25.8 Å². The molecular formula is C22H21F2N3O2. The van der Waals surface area contributed by atoms with Crippen LogP contribution in [0.4, 0.5) is 19.3 Å². The molecule has 0 atom stereocenters. The number of hydrogen-bond acceptors (Lipinski definition) is 3. The molecule has 1 N–H and O–H groups in total. The maximum Gasteiger partial charge on any atom is 0.329 e. The fraction of sp³-hybridized carbons (Fsp3) is 0.273. The fourth-order valence-electron chi connectivity index (χ4n) is 3.65. The van der Waals surface area contributed by atoms with Gasteiger partial charge in [-0.2, -0.15) is 0 Å². The number of imide groups is 1. The average Bonchev–Trinajstić information content (AvgIpc) is 2.99. The van der Waals surface area contributed by atoms with Crippen LogP contribution in [0.3, 0.4) is 0 Å². The first kappa shape index (κ1) is 19.1. The molecule has 2 aliphatic rings. The van der Waals surface area contributed by atoms with E-state index < -0.39 is 23.6 Å². The molecule has 7 heteroatoms. The highest BCUT2D eigenvalue weighted by molar-refractivity contribution is 6.13. The third-order valence-electron chi connectivity index (χ3n) is 5.25. The Bertz CT molecular complexity index is 984. The van der Waals surface area contributed by atoms with Gasteiger partial charge in [-0.3, -0.25) is 9.69 Å². The Hall–Kier alpha value is -3.22. The summed E-state index contributed by atoms with van der Waals surface area (Å²) >= 11 is 0. The summed E-state index contributed by atoms with van der Waals surface area (Å²) in [6, 6.07) is 10.2. The standard InChI is InChI=1S/C22H21F2N3O2/c23-18-7-3-2-6-16(18)14-27-21(28)20(25-22(27)29)12-15-8-9-17(13-19(15)24)26-10-4-1-5-11-26/h2-3,6-9,12-13H,1,4-5,10-11,14H2,(H,25,29). The van der Waals surface area contributed by atoms with Crippen LogP contribution in [-0.2, 0) is 11.3 Å². The number of anilines is 1. The van der Waals surface area contributed by atoms with Crippen molar-refractivity contribution in [3.8, 4) is 0 Å². The lowest BCUT2D eigenvalue weighted by Crippen LogP contribution is -2.30. The molecule has 2 saturated heterocycles. The van der Waals surface area contributed by atoms with Gasteiger partial charge in [0.25, 0.3) is 5.91 Å². The molecule has 2 heterocycles. The summed E-state index contributed by atoms with van der Waals surface area (Å²) in [6.07, 6.45) is 4.68. The molecule has 29 heavy (non-hydrogen) atoms. The number of amides is 3. The molecule has 0 spiro atoms. The van der Waals surface area contributed by atoms with Gasteiger partial charge in [0, 0.05) is 29.9 Å². The predicted molar refractivity (Wildman–Crippen MR) is 106 cm³/mol. The number of hydrogen-bond donors (Lipinski definition) is 1. The lowest BCUT2D eigenvalue weighted by Gasteiger charge is -2.28. The SMILES string of the molecule is O=C1NC(=Cc2ccc(N3CCCCC3)cc2F)C(=O)N1Cc1ccccc1F. The normalized spacial score (nSPS) is 18.5. The zero-order valence-electron chi connectivity index (χ0n) is 15.8. The molecule has 5 nitrogen and oxygen atoms in total. The van der Waals surface area contributed by atoms with Gasteiger partial charge in [0.1, 0.15) is 17.3 Å². The predicted octanol–water partition coefficient (Wildman–Crippen LogP) is 4.05. The van der Waals surface area contributed by atoms with Crippen molar-refractivity contribution in [3.05, 3.63) is 70.9 Å². The summed E-state index contributed by atoms with van der Waals surface area (Å²) in [5, 5.41) is 2.45. The zero-order valence-corrected chi connectivity index (χ0v) is 15.8. The first-order valence-corrected chi connectivity index (χ1v) is 9.65. The molecule has 0 saturated carbocycles. The maximum absolute atomic E-state index is 14.6. The minimum atomic E-state index is -0.658. The highest BCUT2D eigenvalue weighted by atomic mass is 19.1. The van der Waals surface area contributed by atoms with E-state index in [1.807, 2.05) is 6.07 Å². The molecule has 0 radical (unpaired) electrons. The van der Waals surface area contributed by atoms with Gasteiger partial charge in [-0.25, -0.2) is 13.6 Å². The second kappa shape index (κ2) is 8.03. The van der Waals surface area contributed by atoms with Crippen LogP contribution in [0, 0.1) is 11.6 Å². The first-order chi connectivity index (χ1) is 14.0. The quantitative estimate of drug-likeness (QED) is 0.626. The first-order valence-electron chi connectivity index (χ1n) is 9.65. The fourth-order valence-corrected chi connectivity index (χ4v) is 3.65. The number of nitrogens with zero attached hydrogens (tertiary/aromatic N) is 2. The zero-order chi connectivity index (χ0) is 20.4. The molecule has 150 valence electrons. The number of urea groups is 1. The number of halogens is 2. The van der Waals surface area contributed by atoms with Crippen molar-refractivity contribution in [1.29, 1.82) is 0 Å². The summed E-state index contributed by atoms with van der Waals surface area (Å²) in [4.78, 5) is 27.8. The van der Waals surface area contributed by atoms with Gasteiger partial charge in [0.15, 0.2) is 0 Å². The van der Waals surface area contributed by atoms with Crippen molar-refractivity contribution in [3.63, 3.8) is 0 Å². The minimum Gasteiger partial charge on any atom is -0.371 e. The molecule has 2 aromatic rings. The van der Waals surface area contributed by atoms with Gasteiger partial charge in [0.2, 0.25) is 0 Å². The average molecular weight is 397 g/mol.